The van der Waals surface area contributed by atoms with Crippen molar-refractivity contribution in [3.05, 3.63) is 52.4 Å². The molecule has 6 nitrogen and oxygen atoms in total. The fourth-order valence-electron chi connectivity index (χ4n) is 2.52. The van der Waals surface area contributed by atoms with Crippen molar-refractivity contribution in [3.63, 3.8) is 0 Å². The van der Waals surface area contributed by atoms with Crippen LogP contribution in [0.4, 0.5) is 5.00 Å². The van der Waals surface area contributed by atoms with Crippen LogP contribution < -0.4 is 10.1 Å². The molecule has 1 N–H and O–H groups in total. The SMILES string of the molecule is CCCCCOc1ccccc1/C=C(\C#N)C(=O)Nc1sccc1C(=O)OCC. The lowest BCUT2D eigenvalue weighted by Gasteiger charge is -2.09. The van der Waals surface area contributed by atoms with Gasteiger partial charge >= 0.3 is 5.97 Å². The van der Waals surface area contributed by atoms with Crippen LogP contribution in [0.15, 0.2) is 41.3 Å². The number of ether oxygens (including phenoxy) is 2. The highest BCUT2D eigenvalue weighted by Crippen LogP contribution is 2.26. The second-order valence-corrected chi connectivity index (χ2v) is 7.02. The molecule has 1 heterocycles. The molecule has 0 spiro atoms. The number of nitrogens with one attached hydrogen (secondary N) is 1. The highest BCUT2D eigenvalue weighted by atomic mass is 32.1. The van der Waals surface area contributed by atoms with Gasteiger partial charge in [0.05, 0.1) is 18.8 Å². The van der Waals surface area contributed by atoms with Gasteiger partial charge in [0.15, 0.2) is 0 Å². The van der Waals surface area contributed by atoms with Crippen molar-refractivity contribution in [1.29, 1.82) is 5.26 Å². The number of nitriles is 1. The summed E-state index contributed by atoms with van der Waals surface area (Å²) in [5.74, 6) is -0.494. The van der Waals surface area contributed by atoms with Gasteiger partial charge in [-0.05, 0) is 36.9 Å². The summed E-state index contributed by atoms with van der Waals surface area (Å²) < 4.78 is 10.8. The zero-order valence-electron chi connectivity index (χ0n) is 16.6. The van der Waals surface area contributed by atoms with Gasteiger partial charge in [-0.3, -0.25) is 4.79 Å². The maximum absolute atomic E-state index is 12.6. The predicted octanol–water partition coefficient (Wildman–Crippen LogP) is 5.04. The van der Waals surface area contributed by atoms with Gasteiger partial charge in [0.2, 0.25) is 0 Å². The van der Waals surface area contributed by atoms with Gasteiger partial charge in [-0.15, -0.1) is 11.3 Å². The number of unbranched alkanes of at least 4 members (excludes halogenated alkanes) is 2. The van der Waals surface area contributed by atoms with Crippen molar-refractivity contribution in [2.24, 2.45) is 0 Å². The molecule has 1 amide bonds. The largest absolute Gasteiger partial charge is 0.493 e. The highest BCUT2D eigenvalue weighted by Gasteiger charge is 2.18. The molecule has 0 aliphatic heterocycles. The Bertz CT molecular complexity index is 912. The molecule has 0 bridgehead atoms. The standard InChI is InChI=1S/C22H24N2O4S/c1-3-5-8-12-28-19-10-7-6-9-16(19)14-17(15-23)20(25)24-21-18(11-13-29-21)22(26)27-4-2/h6-7,9-11,13-14H,3-5,8,12H2,1-2H3,(H,24,25)/b17-14+. The number of benzene rings is 1. The average molecular weight is 413 g/mol. The van der Waals surface area contributed by atoms with Gasteiger partial charge in [0.25, 0.3) is 5.91 Å². The van der Waals surface area contributed by atoms with Gasteiger partial charge in [-0.2, -0.15) is 5.26 Å². The van der Waals surface area contributed by atoms with E-state index in [-0.39, 0.29) is 17.7 Å². The van der Waals surface area contributed by atoms with E-state index in [1.165, 1.54) is 17.4 Å². The molecule has 1 aromatic carbocycles. The molecule has 0 aliphatic rings. The summed E-state index contributed by atoms with van der Waals surface area (Å²) in [5, 5.41) is 14.1. The first-order valence-corrected chi connectivity index (χ1v) is 10.4. The fourth-order valence-corrected chi connectivity index (χ4v) is 3.29. The van der Waals surface area contributed by atoms with Crippen molar-refractivity contribution in [3.8, 4) is 11.8 Å². The van der Waals surface area contributed by atoms with Gasteiger partial charge < -0.3 is 14.8 Å². The molecule has 0 unspecified atom stereocenters. The van der Waals surface area contributed by atoms with E-state index >= 15 is 0 Å². The van der Waals surface area contributed by atoms with Gasteiger partial charge in [-0.1, -0.05) is 38.0 Å². The number of hydrogen-bond acceptors (Lipinski definition) is 6. The third-order valence-corrected chi connectivity index (χ3v) is 4.81. The summed E-state index contributed by atoms with van der Waals surface area (Å²) in [6.45, 7) is 4.64. The van der Waals surface area contributed by atoms with E-state index in [4.69, 9.17) is 9.47 Å². The molecular weight excluding hydrogens is 388 g/mol. The lowest BCUT2D eigenvalue weighted by Crippen LogP contribution is -2.15. The molecule has 0 radical (unpaired) electrons. The van der Waals surface area contributed by atoms with E-state index in [9.17, 15) is 14.9 Å². The number of carbonyl (C=O) groups is 2. The Morgan fingerprint density at radius 3 is 2.72 bits per heavy atom. The number of anilines is 1. The van der Waals surface area contributed by atoms with Crippen molar-refractivity contribution in [2.75, 3.05) is 18.5 Å². The third kappa shape index (κ3) is 6.47. The Balaban J connectivity index is 2.17. The molecule has 0 atom stereocenters. The van der Waals surface area contributed by atoms with Crippen LogP contribution in [0.1, 0.15) is 49.0 Å². The summed E-state index contributed by atoms with van der Waals surface area (Å²) in [7, 11) is 0. The maximum Gasteiger partial charge on any atom is 0.341 e. The number of carbonyl (C=O) groups excluding carboxylic acids is 2. The molecule has 0 fully saturated rings. The first-order chi connectivity index (χ1) is 14.1. The molecule has 29 heavy (non-hydrogen) atoms. The third-order valence-electron chi connectivity index (χ3n) is 3.98. The van der Waals surface area contributed by atoms with Gasteiger partial charge in [0.1, 0.15) is 22.4 Å². The zero-order valence-corrected chi connectivity index (χ0v) is 17.4. The Morgan fingerprint density at radius 1 is 1.21 bits per heavy atom. The Kier molecular flexibility index (Phi) is 8.93. The summed E-state index contributed by atoms with van der Waals surface area (Å²) in [6, 6.07) is 10.8. The quantitative estimate of drug-likeness (QED) is 0.256. The first-order valence-electron chi connectivity index (χ1n) is 9.50. The summed E-state index contributed by atoms with van der Waals surface area (Å²) in [6.07, 6.45) is 4.60. The average Bonchev–Trinajstić information content (AvgIpc) is 3.18. The monoisotopic (exact) mass is 412 g/mol. The normalized spacial score (nSPS) is 10.9. The molecule has 2 rings (SSSR count). The number of rotatable bonds is 10. The van der Waals surface area contributed by atoms with Gasteiger partial charge in [-0.25, -0.2) is 4.79 Å². The summed E-state index contributed by atoms with van der Waals surface area (Å²) >= 11 is 1.19. The number of esters is 1. The molecule has 152 valence electrons. The van der Waals surface area contributed by atoms with E-state index in [1.807, 2.05) is 24.3 Å². The van der Waals surface area contributed by atoms with Crippen LogP contribution in [-0.2, 0) is 9.53 Å². The van der Waals surface area contributed by atoms with Crippen LogP contribution in [0.5, 0.6) is 5.75 Å². The second-order valence-electron chi connectivity index (χ2n) is 6.10. The molecule has 0 saturated heterocycles. The Hall–Kier alpha value is -3.11. The highest BCUT2D eigenvalue weighted by molar-refractivity contribution is 7.14. The molecule has 1 aromatic heterocycles. The van der Waals surface area contributed by atoms with Crippen molar-refractivity contribution in [2.45, 2.75) is 33.1 Å². The molecule has 0 saturated carbocycles. The number of para-hydroxylation sites is 1. The lowest BCUT2D eigenvalue weighted by molar-refractivity contribution is -0.112. The van der Waals surface area contributed by atoms with Crippen molar-refractivity contribution >= 4 is 34.3 Å². The number of hydrogen-bond donors (Lipinski definition) is 1. The summed E-state index contributed by atoms with van der Waals surface area (Å²) in [4.78, 5) is 24.6. The van der Waals surface area contributed by atoms with Crippen LogP contribution in [-0.4, -0.2) is 25.1 Å². The van der Waals surface area contributed by atoms with Crippen LogP contribution in [0.25, 0.3) is 6.08 Å². The van der Waals surface area contributed by atoms with E-state index in [0.717, 1.165) is 19.3 Å². The number of nitrogens with zero attached hydrogens (tertiary/aromatic N) is 1. The van der Waals surface area contributed by atoms with E-state index in [1.54, 1.807) is 24.4 Å². The smallest absolute Gasteiger partial charge is 0.341 e. The van der Waals surface area contributed by atoms with Crippen molar-refractivity contribution < 1.29 is 19.1 Å². The molecule has 0 aliphatic carbocycles. The molecule has 2 aromatic rings. The van der Waals surface area contributed by atoms with Crippen LogP contribution in [0, 0.1) is 11.3 Å². The van der Waals surface area contributed by atoms with Crippen molar-refractivity contribution in [1.82, 2.24) is 0 Å². The summed E-state index contributed by atoms with van der Waals surface area (Å²) in [5.41, 5.74) is 0.826. The van der Waals surface area contributed by atoms with Gasteiger partial charge in [0, 0.05) is 5.56 Å². The van der Waals surface area contributed by atoms with E-state index in [0.29, 0.717) is 22.9 Å². The van der Waals surface area contributed by atoms with E-state index in [2.05, 4.69) is 12.2 Å². The Morgan fingerprint density at radius 2 is 2.00 bits per heavy atom. The topological polar surface area (TPSA) is 88.4 Å². The fraction of sp³-hybridized carbons (Fsp3) is 0.318. The zero-order chi connectivity index (χ0) is 21.1. The van der Waals surface area contributed by atoms with E-state index < -0.39 is 11.9 Å². The molecular formula is C22H24N2O4S. The predicted molar refractivity (Wildman–Crippen MR) is 114 cm³/mol. The van der Waals surface area contributed by atoms with Crippen LogP contribution >= 0.6 is 11.3 Å². The minimum atomic E-state index is -0.596. The Labute approximate surface area is 174 Å². The first kappa shape index (κ1) is 22.2. The minimum Gasteiger partial charge on any atom is -0.493 e. The lowest BCUT2D eigenvalue weighted by atomic mass is 10.1. The molecule has 7 heteroatoms. The number of amides is 1. The maximum atomic E-state index is 12.6. The van der Waals surface area contributed by atoms with Crippen LogP contribution in [0.3, 0.4) is 0 Å². The second kappa shape index (κ2) is 11.7. The number of thiophene rings is 1. The minimum absolute atomic E-state index is 0.0854. The van der Waals surface area contributed by atoms with Crippen LogP contribution in [0.2, 0.25) is 0 Å².